The van der Waals surface area contributed by atoms with Crippen LogP contribution in [0.3, 0.4) is 0 Å². The van der Waals surface area contributed by atoms with Crippen molar-refractivity contribution in [1.82, 2.24) is 0 Å². The molecule has 1 aromatic rings. The molecule has 0 aromatic heterocycles. The first-order valence-corrected chi connectivity index (χ1v) is 5.25. The number of halogens is 4. The largest absolute Gasteiger partial charge is 0.399 e. The maximum atomic E-state index is 11.3. The zero-order valence-electron chi connectivity index (χ0n) is 7.23. The summed E-state index contributed by atoms with van der Waals surface area (Å²) in [5.41, 5.74) is 6.28. The third-order valence-corrected chi connectivity index (χ3v) is 2.33. The smallest absolute Gasteiger partial charge is 0.276 e. The Morgan fingerprint density at radius 3 is 2.40 bits per heavy atom. The minimum absolute atomic E-state index is 0.276. The average Bonchev–Trinajstić information content (AvgIpc) is 2.08. The van der Waals surface area contributed by atoms with Gasteiger partial charge in [-0.2, -0.15) is 0 Å². The van der Waals surface area contributed by atoms with Crippen molar-refractivity contribution in [2.45, 2.75) is 3.79 Å². The molecule has 3 N–H and O–H groups in total. The summed E-state index contributed by atoms with van der Waals surface area (Å²) in [6.07, 6.45) is 0. The molecule has 3 nitrogen and oxygen atoms in total. The number of nitrogen functional groups attached to an aromatic ring is 1. The van der Waals surface area contributed by atoms with Crippen molar-refractivity contribution in [2.75, 3.05) is 11.1 Å². The molecule has 0 aliphatic rings. The topological polar surface area (TPSA) is 55.1 Å². The molecule has 0 fully saturated rings. The number of anilines is 2. The predicted molar refractivity (Wildman–Crippen MR) is 64.8 cm³/mol. The molecule has 7 heteroatoms. The van der Waals surface area contributed by atoms with Crippen LogP contribution in [0.15, 0.2) is 18.2 Å². The van der Waals surface area contributed by atoms with Crippen molar-refractivity contribution in [1.29, 1.82) is 0 Å². The Balaban J connectivity index is 2.87. The monoisotopic (exact) mass is 286 g/mol. The highest BCUT2D eigenvalue weighted by Crippen LogP contribution is 2.30. The van der Waals surface area contributed by atoms with Gasteiger partial charge in [0.05, 0.1) is 10.7 Å². The van der Waals surface area contributed by atoms with Crippen molar-refractivity contribution >= 4 is 63.7 Å². The van der Waals surface area contributed by atoms with Gasteiger partial charge >= 0.3 is 0 Å². The number of benzene rings is 1. The van der Waals surface area contributed by atoms with Crippen LogP contribution in [-0.2, 0) is 4.79 Å². The van der Waals surface area contributed by atoms with E-state index < -0.39 is 9.70 Å². The number of carbonyl (C=O) groups is 1. The summed E-state index contributed by atoms with van der Waals surface area (Å²) in [4.78, 5) is 11.3. The van der Waals surface area contributed by atoms with Gasteiger partial charge in [-0.1, -0.05) is 46.4 Å². The fraction of sp³-hybridized carbons (Fsp3) is 0.125. The second-order valence-corrected chi connectivity index (χ2v) is 5.38. The summed E-state index contributed by atoms with van der Waals surface area (Å²) in [6.45, 7) is 0. The SMILES string of the molecule is Nc1ccc(NC(=O)C(Cl)(Cl)Cl)c(Cl)c1. The molecule has 0 spiro atoms. The molecule has 15 heavy (non-hydrogen) atoms. The van der Waals surface area contributed by atoms with Gasteiger partial charge in [0.25, 0.3) is 9.70 Å². The lowest BCUT2D eigenvalue weighted by Gasteiger charge is -2.12. The Labute approximate surface area is 106 Å². The van der Waals surface area contributed by atoms with E-state index in [9.17, 15) is 4.79 Å². The van der Waals surface area contributed by atoms with Gasteiger partial charge in [-0.05, 0) is 18.2 Å². The van der Waals surface area contributed by atoms with Crippen molar-refractivity contribution in [3.05, 3.63) is 23.2 Å². The van der Waals surface area contributed by atoms with Crippen LogP contribution in [0.5, 0.6) is 0 Å². The van der Waals surface area contributed by atoms with Crippen LogP contribution in [0.25, 0.3) is 0 Å². The van der Waals surface area contributed by atoms with Gasteiger partial charge in [-0.15, -0.1) is 0 Å². The second-order valence-electron chi connectivity index (χ2n) is 2.69. The summed E-state index contributed by atoms with van der Waals surface area (Å²) in [5.74, 6) is -0.779. The quantitative estimate of drug-likeness (QED) is 0.615. The van der Waals surface area contributed by atoms with Crippen LogP contribution in [0, 0.1) is 0 Å². The number of hydrogen-bond donors (Lipinski definition) is 2. The maximum absolute atomic E-state index is 11.3. The van der Waals surface area contributed by atoms with Crippen molar-refractivity contribution in [2.24, 2.45) is 0 Å². The van der Waals surface area contributed by atoms with Crippen LogP contribution < -0.4 is 11.1 Å². The van der Waals surface area contributed by atoms with E-state index >= 15 is 0 Å². The molecule has 1 amide bonds. The highest BCUT2D eigenvalue weighted by Gasteiger charge is 2.30. The number of alkyl halides is 3. The van der Waals surface area contributed by atoms with Gasteiger partial charge < -0.3 is 11.1 Å². The molecule has 0 aliphatic heterocycles. The third-order valence-electron chi connectivity index (χ3n) is 1.50. The Morgan fingerprint density at radius 1 is 1.33 bits per heavy atom. The first kappa shape index (κ1) is 12.7. The minimum atomic E-state index is -2.02. The minimum Gasteiger partial charge on any atom is -0.399 e. The zero-order valence-corrected chi connectivity index (χ0v) is 10.3. The van der Waals surface area contributed by atoms with Gasteiger partial charge in [0, 0.05) is 5.69 Å². The number of nitrogens with one attached hydrogen (secondary N) is 1. The van der Waals surface area contributed by atoms with Crippen molar-refractivity contribution in [3.8, 4) is 0 Å². The fourth-order valence-corrected chi connectivity index (χ4v) is 1.20. The van der Waals surface area contributed by atoms with Crippen LogP contribution in [-0.4, -0.2) is 9.70 Å². The summed E-state index contributed by atoms with van der Waals surface area (Å²) >= 11 is 21.9. The molecular formula is C8H6Cl4N2O. The highest BCUT2D eigenvalue weighted by atomic mass is 35.6. The average molecular weight is 288 g/mol. The van der Waals surface area contributed by atoms with E-state index in [0.29, 0.717) is 11.4 Å². The van der Waals surface area contributed by atoms with Crippen LogP contribution in [0.1, 0.15) is 0 Å². The third kappa shape index (κ3) is 3.61. The van der Waals surface area contributed by atoms with E-state index in [1.54, 1.807) is 6.07 Å². The fourth-order valence-electron chi connectivity index (χ4n) is 0.826. The van der Waals surface area contributed by atoms with Crippen LogP contribution in [0.4, 0.5) is 11.4 Å². The molecule has 1 rings (SSSR count). The highest BCUT2D eigenvalue weighted by molar-refractivity contribution is 6.76. The van der Waals surface area contributed by atoms with Crippen LogP contribution >= 0.6 is 46.4 Å². The Kier molecular flexibility index (Phi) is 3.95. The predicted octanol–water partition coefficient (Wildman–Crippen LogP) is 3.23. The molecule has 0 atom stereocenters. The van der Waals surface area contributed by atoms with E-state index in [2.05, 4.69) is 5.32 Å². The molecule has 0 unspecified atom stereocenters. The van der Waals surface area contributed by atoms with Crippen molar-refractivity contribution in [3.63, 3.8) is 0 Å². The second kappa shape index (κ2) is 4.66. The summed E-state index contributed by atoms with van der Waals surface area (Å²) in [7, 11) is 0. The first-order chi connectivity index (χ1) is 6.80. The first-order valence-electron chi connectivity index (χ1n) is 3.74. The summed E-state index contributed by atoms with van der Waals surface area (Å²) < 4.78 is -2.02. The van der Waals surface area contributed by atoms with E-state index in [1.807, 2.05) is 0 Å². The maximum Gasteiger partial charge on any atom is 0.276 e. The zero-order chi connectivity index (χ0) is 11.6. The molecule has 1 aromatic carbocycles. The summed E-state index contributed by atoms with van der Waals surface area (Å²) in [5, 5.41) is 2.63. The van der Waals surface area contributed by atoms with Gasteiger partial charge in [-0.25, -0.2) is 0 Å². The molecule has 0 aliphatic carbocycles. The number of nitrogens with two attached hydrogens (primary N) is 1. The van der Waals surface area contributed by atoms with E-state index in [-0.39, 0.29) is 5.02 Å². The Hall–Kier alpha value is -0.350. The molecular weight excluding hydrogens is 282 g/mol. The molecule has 0 heterocycles. The number of amides is 1. The number of carbonyl (C=O) groups excluding carboxylic acids is 1. The molecule has 82 valence electrons. The number of hydrogen-bond acceptors (Lipinski definition) is 2. The molecule has 0 saturated carbocycles. The standard InChI is InChI=1S/C8H6Cl4N2O/c9-5-3-4(13)1-2-6(5)14-7(15)8(10,11)12/h1-3H,13H2,(H,14,15). The van der Waals surface area contributed by atoms with Gasteiger partial charge in [0.1, 0.15) is 0 Å². The molecule has 0 saturated heterocycles. The lowest BCUT2D eigenvalue weighted by molar-refractivity contribution is -0.115. The van der Waals surface area contributed by atoms with E-state index in [1.165, 1.54) is 12.1 Å². The molecule has 0 radical (unpaired) electrons. The van der Waals surface area contributed by atoms with Gasteiger partial charge in [-0.3, -0.25) is 4.79 Å². The number of rotatable bonds is 1. The lowest BCUT2D eigenvalue weighted by Crippen LogP contribution is -2.27. The van der Waals surface area contributed by atoms with E-state index in [0.717, 1.165) is 0 Å². The normalized spacial score (nSPS) is 11.2. The Bertz CT molecular complexity index is 389. The lowest BCUT2D eigenvalue weighted by atomic mass is 10.3. The van der Waals surface area contributed by atoms with Crippen LogP contribution in [0.2, 0.25) is 5.02 Å². The summed E-state index contributed by atoms with van der Waals surface area (Å²) in [6, 6.07) is 4.57. The van der Waals surface area contributed by atoms with Gasteiger partial charge in [0.2, 0.25) is 0 Å². The Morgan fingerprint density at radius 2 is 1.93 bits per heavy atom. The van der Waals surface area contributed by atoms with Crippen molar-refractivity contribution < 1.29 is 4.79 Å². The van der Waals surface area contributed by atoms with Gasteiger partial charge in [0.15, 0.2) is 0 Å². The van der Waals surface area contributed by atoms with E-state index in [4.69, 9.17) is 52.1 Å². The molecule has 0 bridgehead atoms.